The van der Waals surface area contributed by atoms with Crippen LogP contribution in [0.5, 0.6) is 0 Å². The number of hydrogen-bond acceptors (Lipinski definition) is 2. The number of carbonyl (C=O) groups is 1. The third kappa shape index (κ3) is 2.79. The zero-order valence-corrected chi connectivity index (χ0v) is 10.1. The quantitative estimate of drug-likeness (QED) is 0.808. The summed E-state index contributed by atoms with van der Waals surface area (Å²) in [5.74, 6) is -1.66. The monoisotopic (exact) mass is 300 g/mol. The molecule has 0 fully saturated rings. The number of Topliss-reactive ketones (excluding diaryl/α,β-unsaturated/α-hetero) is 1. The highest BCUT2D eigenvalue weighted by atomic mass is 79.9. The Kier molecular flexibility index (Phi) is 3.38. The van der Waals surface area contributed by atoms with Gasteiger partial charge in [-0.2, -0.15) is 0 Å². The molecular weight excluding hydrogens is 294 g/mol. The fourth-order valence-electron chi connectivity index (χ4n) is 1.49. The second-order valence-corrected chi connectivity index (χ2v) is 4.21. The van der Waals surface area contributed by atoms with Crippen LogP contribution >= 0.6 is 15.9 Å². The van der Waals surface area contributed by atoms with Gasteiger partial charge in [-0.25, -0.2) is 8.78 Å². The molecule has 5 heteroatoms. The highest BCUT2D eigenvalue weighted by molar-refractivity contribution is 9.10. The summed E-state index contributed by atoms with van der Waals surface area (Å²) >= 11 is 3.07. The minimum atomic E-state index is -0.695. The summed E-state index contributed by atoms with van der Waals surface area (Å²) in [6.07, 6.45) is 1.29. The van der Waals surface area contributed by atoms with E-state index in [1.165, 1.54) is 12.3 Å². The summed E-state index contributed by atoms with van der Waals surface area (Å²) in [5, 5.41) is 0. The fourth-order valence-corrected chi connectivity index (χ4v) is 1.95. The molecule has 0 spiro atoms. The summed E-state index contributed by atoms with van der Waals surface area (Å²) < 4.78 is 31.1. The maximum Gasteiger partial charge on any atom is 0.179 e. The largest absolute Gasteiger partial charge is 0.457 e. The van der Waals surface area contributed by atoms with Crippen molar-refractivity contribution in [3.63, 3.8) is 0 Å². The van der Waals surface area contributed by atoms with Crippen molar-refractivity contribution in [2.24, 2.45) is 0 Å². The highest BCUT2D eigenvalue weighted by Crippen LogP contribution is 2.20. The maximum absolute atomic E-state index is 12.9. The van der Waals surface area contributed by atoms with E-state index in [-0.39, 0.29) is 12.2 Å². The lowest BCUT2D eigenvalue weighted by molar-refractivity contribution is 0.0991. The minimum Gasteiger partial charge on any atom is -0.457 e. The smallest absolute Gasteiger partial charge is 0.179 e. The predicted molar refractivity (Wildman–Crippen MR) is 60.8 cm³/mol. The second-order valence-electron chi connectivity index (χ2n) is 3.49. The first-order valence-corrected chi connectivity index (χ1v) is 5.57. The van der Waals surface area contributed by atoms with Crippen LogP contribution < -0.4 is 0 Å². The SMILES string of the molecule is O=C(Cc1cc(F)cc(F)c1)c1ccoc1Br. The number of rotatable bonds is 3. The summed E-state index contributed by atoms with van der Waals surface area (Å²) in [6, 6.07) is 4.54. The van der Waals surface area contributed by atoms with Crippen LogP contribution in [0.3, 0.4) is 0 Å². The van der Waals surface area contributed by atoms with Gasteiger partial charge in [-0.1, -0.05) is 0 Å². The number of carbonyl (C=O) groups excluding carboxylic acids is 1. The van der Waals surface area contributed by atoms with Crippen molar-refractivity contribution in [2.75, 3.05) is 0 Å². The number of benzene rings is 1. The first-order valence-electron chi connectivity index (χ1n) is 4.77. The Hall–Kier alpha value is -1.49. The van der Waals surface area contributed by atoms with Gasteiger partial charge in [0.1, 0.15) is 11.6 Å². The van der Waals surface area contributed by atoms with E-state index in [4.69, 9.17) is 4.42 Å². The number of furan rings is 1. The van der Waals surface area contributed by atoms with Crippen LogP contribution in [0.1, 0.15) is 15.9 Å². The van der Waals surface area contributed by atoms with Crippen molar-refractivity contribution in [1.82, 2.24) is 0 Å². The van der Waals surface area contributed by atoms with Gasteiger partial charge in [0.05, 0.1) is 11.8 Å². The molecule has 0 amide bonds. The van der Waals surface area contributed by atoms with Crippen molar-refractivity contribution in [3.05, 3.63) is 58.0 Å². The molecule has 0 saturated carbocycles. The Morgan fingerprint density at radius 1 is 1.24 bits per heavy atom. The van der Waals surface area contributed by atoms with E-state index in [2.05, 4.69) is 15.9 Å². The van der Waals surface area contributed by atoms with Gasteiger partial charge in [-0.05, 0) is 39.7 Å². The third-order valence-corrected chi connectivity index (χ3v) is 2.82. The van der Waals surface area contributed by atoms with Crippen LogP contribution in [0, 0.1) is 11.6 Å². The van der Waals surface area contributed by atoms with Crippen LogP contribution in [-0.4, -0.2) is 5.78 Å². The summed E-state index contributed by atoms with van der Waals surface area (Å²) in [4.78, 5) is 11.8. The highest BCUT2D eigenvalue weighted by Gasteiger charge is 2.14. The van der Waals surface area contributed by atoms with E-state index >= 15 is 0 Å². The lowest BCUT2D eigenvalue weighted by Crippen LogP contribution is -2.03. The molecule has 0 aliphatic rings. The average Bonchev–Trinajstić information content (AvgIpc) is 2.62. The van der Waals surface area contributed by atoms with Gasteiger partial charge in [0.2, 0.25) is 0 Å². The van der Waals surface area contributed by atoms with Crippen LogP contribution in [0.15, 0.2) is 39.6 Å². The van der Waals surface area contributed by atoms with Crippen molar-refractivity contribution in [1.29, 1.82) is 0 Å². The molecule has 1 aromatic carbocycles. The third-order valence-electron chi connectivity index (χ3n) is 2.21. The molecule has 0 N–H and O–H groups in total. The first-order chi connectivity index (χ1) is 8.06. The molecule has 0 saturated heterocycles. The van der Waals surface area contributed by atoms with Crippen molar-refractivity contribution >= 4 is 21.7 Å². The van der Waals surface area contributed by atoms with Gasteiger partial charge < -0.3 is 4.42 Å². The first kappa shape index (κ1) is 12.0. The average molecular weight is 301 g/mol. The molecule has 88 valence electrons. The molecule has 1 aromatic heterocycles. The fraction of sp³-hybridized carbons (Fsp3) is 0.0833. The molecule has 0 bridgehead atoms. The van der Waals surface area contributed by atoms with Crippen LogP contribution in [-0.2, 0) is 6.42 Å². The van der Waals surface area contributed by atoms with Crippen LogP contribution in [0.4, 0.5) is 8.78 Å². The van der Waals surface area contributed by atoms with E-state index in [0.29, 0.717) is 15.8 Å². The molecule has 0 radical (unpaired) electrons. The predicted octanol–water partition coefficient (Wildman–Crippen LogP) is 3.75. The summed E-state index contributed by atoms with van der Waals surface area (Å²) in [5.41, 5.74) is 0.648. The molecule has 2 nitrogen and oxygen atoms in total. The van der Waals surface area contributed by atoms with Crippen molar-refractivity contribution in [2.45, 2.75) is 6.42 Å². The van der Waals surface area contributed by atoms with Gasteiger partial charge >= 0.3 is 0 Å². The molecule has 17 heavy (non-hydrogen) atoms. The topological polar surface area (TPSA) is 30.2 Å². The van der Waals surface area contributed by atoms with E-state index in [0.717, 1.165) is 18.2 Å². The number of halogens is 3. The Morgan fingerprint density at radius 3 is 2.41 bits per heavy atom. The Balaban J connectivity index is 2.21. The molecule has 2 rings (SSSR count). The van der Waals surface area contributed by atoms with Crippen molar-refractivity contribution < 1.29 is 18.0 Å². The summed E-state index contributed by atoms with van der Waals surface area (Å²) in [7, 11) is 0. The lowest BCUT2D eigenvalue weighted by atomic mass is 10.1. The zero-order valence-electron chi connectivity index (χ0n) is 8.54. The van der Waals surface area contributed by atoms with Crippen molar-refractivity contribution in [3.8, 4) is 0 Å². The Morgan fingerprint density at radius 2 is 1.88 bits per heavy atom. The molecule has 1 heterocycles. The van der Waals surface area contributed by atoms with E-state index in [1.54, 1.807) is 0 Å². The zero-order chi connectivity index (χ0) is 12.4. The molecule has 0 unspecified atom stereocenters. The summed E-state index contributed by atoms with van der Waals surface area (Å²) in [6.45, 7) is 0. The van der Waals surface area contributed by atoms with Gasteiger partial charge in [-0.15, -0.1) is 0 Å². The lowest BCUT2D eigenvalue weighted by Gasteiger charge is -2.00. The molecular formula is C12H7BrF2O2. The second kappa shape index (κ2) is 4.79. The van der Waals surface area contributed by atoms with Crippen LogP contribution in [0.2, 0.25) is 0 Å². The van der Waals surface area contributed by atoms with Gasteiger partial charge in [-0.3, -0.25) is 4.79 Å². The van der Waals surface area contributed by atoms with Gasteiger partial charge in [0.25, 0.3) is 0 Å². The van der Waals surface area contributed by atoms with E-state index < -0.39 is 11.6 Å². The van der Waals surface area contributed by atoms with Gasteiger partial charge in [0, 0.05) is 12.5 Å². The molecule has 0 atom stereocenters. The van der Waals surface area contributed by atoms with E-state index in [9.17, 15) is 13.6 Å². The van der Waals surface area contributed by atoms with Crippen LogP contribution in [0.25, 0.3) is 0 Å². The molecule has 0 aliphatic carbocycles. The number of ketones is 1. The Labute approximate surface area is 104 Å². The minimum absolute atomic E-state index is 0.0766. The molecule has 2 aromatic rings. The molecule has 0 aliphatic heterocycles. The van der Waals surface area contributed by atoms with E-state index in [1.807, 2.05) is 0 Å². The maximum atomic E-state index is 12.9. The standard InChI is InChI=1S/C12H7BrF2O2/c13-12-10(1-2-17-12)11(16)5-7-3-8(14)6-9(15)4-7/h1-4,6H,5H2. The van der Waals surface area contributed by atoms with Gasteiger partial charge in [0.15, 0.2) is 10.5 Å². The number of hydrogen-bond donors (Lipinski definition) is 0. The Bertz CT molecular complexity index is 543. The normalized spacial score (nSPS) is 10.5.